The Labute approximate surface area is 149 Å². The summed E-state index contributed by atoms with van der Waals surface area (Å²) >= 11 is 0. The van der Waals surface area contributed by atoms with Gasteiger partial charge in [-0.3, -0.25) is 19.7 Å². The van der Waals surface area contributed by atoms with Crippen LogP contribution in [0.1, 0.15) is 12.8 Å². The average Bonchev–Trinajstić information content (AvgIpc) is 3.22. The molecule has 0 bridgehead atoms. The summed E-state index contributed by atoms with van der Waals surface area (Å²) in [5, 5.41) is 21.0. The van der Waals surface area contributed by atoms with Gasteiger partial charge in [0.1, 0.15) is 6.54 Å². The number of carboxylic acids is 1. The number of carbonyl (C=O) groups is 2. The van der Waals surface area contributed by atoms with E-state index in [0.717, 1.165) is 18.4 Å². The maximum Gasteiger partial charge on any atom is 0.308 e. The fourth-order valence-corrected chi connectivity index (χ4v) is 3.98. The molecule has 8 nitrogen and oxygen atoms in total. The van der Waals surface area contributed by atoms with Gasteiger partial charge in [0.2, 0.25) is 5.91 Å². The van der Waals surface area contributed by atoms with Crippen LogP contribution < -0.4 is 0 Å². The van der Waals surface area contributed by atoms with Crippen LogP contribution in [0.4, 0.5) is 5.69 Å². The first-order valence-electron chi connectivity index (χ1n) is 8.68. The van der Waals surface area contributed by atoms with Gasteiger partial charge in [-0.25, -0.2) is 0 Å². The lowest BCUT2D eigenvalue weighted by Gasteiger charge is -2.17. The van der Waals surface area contributed by atoms with E-state index in [4.69, 9.17) is 0 Å². The van der Waals surface area contributed by atoms with Crippen LogP contribution in [-0.2, 0) is 16.1 Å². The number of amides is 1. The number of fused-ring (bicyclic) bond motifs is 1. The minimum Gasteiger partial charge on any atom is -0.481 e. The number of aliphatic carboxylic acids is 1. The van der Waals surface area contributed by atoms with Gasteiger partial charge in [0.05, 0.1) is 10.8 Å². The minimum atomic E-state index is -0.823. The lowest BCUT2D eigenvalue weighted by atomic mass is 9.92. The lowest BCUT2D eigenvalue weighted by Crippen LogP contribution is -2.32. The molecule has 1 aliphatic carbocycles. The van der Waals surface area contributed by atoms with Crippen LogP contribution in [0.2, 0.25) is 0 Å². The van der Waals surface area contributed by atoms with E-state index in [1.165, 1.54) is 12.1 Å². The molecule has 0 spiro atoms. The van der Waals surface area contributed by atoms with Crippen molar-refractivity contribution in [2.24, 2.45) is 17.8 Å². The molecule has 1 aromatic heterocycles. The Kier molecular flexibility index (Phi) is 3.90. The highest BCUT2D eigenvalue weighted by Crippen LogP contribution is 2.44. The first-order chi connectivity index (χ1) is 12.4. The monoisotopic (exact) mass is 357 g/mol. The maximum atomic E-state index is 12.7. The van der Waals surface area contributed by atoms with Crippen molar-refractivity contribution in [2.75, 3.05) is 13.1 Å². The molecule has 4 rings (SSSR count). The summed E-state index contributed by atoms with van der Waals surface area (Å²) in [6.45, 7) is 0.871. The summed E-state index contributed by atoms with van der Waals surface area (Å²) in [7, 11) is 0. The number of nitro groups is 1. The molecule has 1 aromatic carbocycles. The Morgan fingerprint density at radius 3 is 2.65 bits per heavy atom. The second-order valence-electron chi connectivity index (χ2n) is 7.19. The number of nitrogens with zero attached hydrogens (tertiary/aromatic N) is 3. The smallest absolute Gasteiger partial charge is 0.308 e. The topological polar surface area (TPSA) is 106 Å². The van der Waals surface area contributed by atoms with E-state index in [2.05, 4.69) is 0 Å². The third-order valence-electron chi connectivity index (χ3n) is 5.53. The minimum absolute atomic E-state index is 0.0118. The van der Waals surface area contributed by atoms with Crippen LogP contribution in [0.15, 0.2) is 30.5 Å². The molecule has 8 heteroatoms. The fraction of sp³-hybridized carbons (Fsp3) is 0.444. The molecule has 2 heterocycles. The van der Waals surface area contributed by atoms with Gasteiger partial charge in [0.25, 0.3) is 5.69 Å². The van der Waals surface area contributed by atoms with Crippen LogP contribution in [0.5, 0.6) is 0 Å². The molecule has 136 valence electrons. The summed E-state index contributed by atoms with van der Waals surface area (Å²) in [6.07, 6.45) is 3.84. The molecule has 0 radical (unpaired) electrons. The van der Waals surface area contributed by atoms with Crippen molar-refractivity contribution in [3.05, 3.63) is 40.6 Å². The second-order valence-corrected chi connectivity index (χ2v) is 7.19. The van der Waals surface area contributed by atoms with Gasteiger partial charge in [-0.1, -0.05) is 0 Å². The van der Waals surface area contributed by atoms with Crippen LogP contribution in [0, 0.1) is 27.9 Å². The number of aromatic nitrogens is 1. The van der Waals surface area contributed by atoms with Crippen LogP contribution in [-0.4, -0.2) is 44.5 Å². The molecule has 0 unspecified atom stereocenters. The van der Waals surface area contributed by atoms with Gasteiger partial charge >= 0.3 is 5.97 Å². The Hall–Kier alpha value is -2.90. The highest BCUT2D eigenvalue weighted by atomic mass is 16.6. The van der Waals surface area contributed by atoms with Crippen LogP contribution >= 0.6 is 0 Å². The zero-order valence-corrected chi connectivity index (χ0v) is 14.1. The molecule has 1 saturated carbocycles. The Balaban J connectivity index is 1.50. The molecule has 1 amide bonds. The van der Waals surface area contributed by atoms with E-state index in [-0.39, 0.29) is 30.6 Å². The van der Waals surface area contributed by atoms with E-state index >= 15 is 0 Å². The van der Waals surface area contributed by atoms with Crippen molar-refractivity contribution in [1.29, 1.82) is 0 Å². The molecule has 1 N–H and O–H groups in total. The summed E-state index contributed by atoms with van der Waals surface area (Å²) in [5.41, 5.74) is 0.759. The van der Waals surface area contributed by atoms with Crippen molar-refractivity contribution in [1.82, 2.24) is 9.47 Å². The molecule has 1 aliphatic heterocycles. The zero-order chi connectivity index (χ0) is 18.4. The number of hydrogen-bond acceptors (Lipinski definition) is 4. The summed E-state index contributed by atoms with van der Waals surface area (Å²) < 4.78 is 1.75. The molecule has 2 atom stereocenters. The van der Waals surface area contributed by atoms with Gasteiger partial charge < -0.3 is 14.6 Å². The second kappa shape index (κ2) is 6.12. The summed E-state index contributed by atoms with van der Waals surface area (Å²) in [4.78, 5) is 36.3. The van der Waals surface area contributed by atoms with Crippen molar-refractivity contribution in [2.45, 2.75) is 19.4 Å². The SMILES string of the molecule is O=C(O)[C@H]1CN(C(=O)Cn2ccc3cc([N+](=O)[O-])ccc32)C[C@@H]1C1CC1. The van der Waals surface area contributed by atoms with Crippen LogP contribution in [0.3, 0.4) is 0 Å². The standard InChI is InChI=1S/C18H19N3O5/c22-17(20-8-14(11-1-2-11)15(9-20)18(23)24)10-19-6-5-12-7-13(21(25)26)3-4-16(12)19/h3-7,11,14-15H,1-2,8-10H2,(H,23,24)/t14-,15+/m1/s1. The lowest BCUT2D eigenvalue weighted by molar-refractivity contribution is -0.384. The Bertz CT molecular complexity index is 901. The normalized spacial score (nSPS) is 22.7. The number of nitro benzene ring substituents is 1. The van der Waals surface area contributed by atoms with Crippen LogP contribution in [0.25, 0.3) is 10.9 Å². The molecule has 1 saturated heterocycles. The van der Waals surface area contributed by atoms with Gasteiger partial charge in [-0.15, -0.1) is 0 Å². The summed E-state index contributed by atoms with van der Waals surface area (Å²) in [6, 6.07) is 6.28. The maximum absolute atomic E-state index is 12.7. The molecule has 26 heavy (non-hydrogen) atoms. The number of rotatable bonds is 5. The first kappa shape index (κ1) is 16.6. The quantitative estimate of drug-likeness (QED) is 0.652. The molecule has 2 aromatic rings. The molecular formula is C18H19N3O5. The number of non-ortho nitro benzene ring substituents is 1. The van der Waals surface area contributed by atoms with Gasteiger partial charge in [-0.2, -0.15) is 0 Å². The van der Waals surface area contributed by atoms with E-state index in [0.29, 0.717) is 17.8 Å². The number of carboxylic acid groups (broad SMARTS) is 1. The van der Waals surface area contributed by atoms with Crippen molar-refractivity contribution in [3.8, 4) is 0 Å². The highest BCUT2D eigenvalue weighted by molar-refractivity contribution is 5.85. The molecule has 2 aliphatic rings. The average molecular weight is 357 g/mol. The van der Waals surface area contributed by atoms with Crippen molar-refractivity contribution >= 4 is 28.5 Å². The molecule has 2 fully saturated rings. The van der Waals surface area contributed by atoms with E-state index < -0.39 is 16.8 Å². The van der Waals surface area contributed by atoms with Gasteiger partial charge in [0.15, 0.2) is 0 Å². The third kappa shape index (κ3) is 2.91. The number of benzene rings is 1. The third-order valence-corrected chi connectivity index (χ3v) is 5.53. The van der Waals surface area contributed by atoms with Crippen molar-refractivity contribution in [3.63, 3.8) is 0 Å². The van der Waals surface area contributed by atoms with E-state index in [1.54, 1.807) is 27.8 Å². The Morgan fingerprint density at radius 2 is 2.00 bits per heavy atom. The zero-order valence-electron chi connectivity index (χ0n) is 14.1. The van der Waals surface area contributed by atoms with Crippen molar-refractivity contribution < 1.29 is 19.6 Å². The first-order valence-corrected chi connectivity index (χ1v) is 8.68. The summed E-state index contributed by atoms with van der Waals surface area (Å²) in [5.74, 6) is -0.927. The largest absolute Gasteiger partial charge is 0.481 e. The number of carbonyl (C=O) groups excluding carboxylic acids is 1. The van der Waals surface area contributed by atoms with Gasteiger partial charge in [0, 0.05) is 42.3 Å². The Morgan fingerprint density at radius 1 is 1.23 bits per heavy atom. The highest BCUT2D eigenvalue weighted by Gasteiger charge is 2.46. The fourth-order valence-electron chi connectivity index (χ4n) is 3.98. The number of hydrogen-bond donors (Lipinski definition) is 1. The molecular weight excluding hydrogens is 338 g/mol. The van der Waals surface area contributed by atoms with E-state index in [9.17, 15) is 24.8 Å². The predicted molar refractivity (Wildman–Crippen MR) is 92.5 cm³/mol. The predicted octanol–water partition coefficient (Wildman–Crippen LogP) is 2.12. The van der Waals surface area contributed by atoms with E-state index in [1.807, 2.05) is 0 Å². The van der Waals surface area contributed by atoms with Gasteiger partial charge in [-0.05, 0) is 36.8 Å². The number of likely N-dealkylation sites (tertiary alicyclic amines) is 1.